The first-order chi connectivity index (χ1) is 16.8. The zero-order valence-electron chi connectivity index (χ0n) is 19.1. The maximum atomic E-state index is 13.1. The molecule has 9 heteroatoms. The zero-order chi connectivity index (χ0) is 24.5. The van der Waals surface area contributed by atoms with Crippen molar-refractivity contribution >= 4 is 11.6 Å². The Labute approximate surface area is 202 Å². The van der Waals surface area contributed by atoms with Crippen molar-refractivity contribution in [3.8, 4) is 11.5 Å². The van der Waals surface area contributed by atoms with E-state index >= 15 is 0 Å². The highest BCUT2D eigenvalue weighted by Crippen LogP contribution is 2.65. The summed E-state index contributed by atoms with van der Waals surface area (Å²) in [6.07, 6.45) is 3.48. The summed E-state index contributed by atoms with van der Waals surface area (Å²) in [7, 11) is 0. The number of nitrogens with one attached hydrogen (secondary N) is 1. The van der Waals surface area contributed by atoms with Crippen LogP contribution < -0.4 is 10.1 Å². The molecule has 0 unspecified atom stereocenters. The lowest BCUT2D eigenvalue weighted by atomic mass is 9.48. The largest absolute Gasteiger partial charge is 0.504 e. The number of ether oxygens (including phenoxy) is 1. The molecule has 182 valence electrons. The Morgan fingerprint density at radius 3 is 2.94 bits per heavy atom. The van der Waals surface area contributed by atoms with Gasteiger partial charge in [0.2, 0.25) is 0 Å². The number of carbonyl (C=O) groups excluding carboxylic acids is 1. The average Bonchev–Trinajstić information content (AvgIpc) is 3.20. The lowest BCUT2D eigenvalue weighted by Gasteiger charge is -2.64. The number of likely N-dealkylation sites (tertiary alicyclic amines) is 1. The maximum absolute atomic E-state index is 13.1. The van der Waals surface area contributed by atoms with Gasteiger partial charge >= 0.3 is 0 Å². The van der Waals surface area contributed by atoms with E-state index in [-0.39, 0.29) is 23.0 Å². The molecule has 0 aromatic heterocycles. The van der Waals surface area contributed by atoms with E-state index in [9.17, 15) is 25.1 Å². The predicted molar refractivity (Wildman–Crippen MR) is 127 cm³/mol. The van der Waals surface area contributed by atoms with E-state index in [2.05, 4.69) is 16.8 Å². The average molecular weight is 478 g/mol. The molecule has 2 fully saturated rings. The summed E-state index contributed by atoms with van der Waals surface area (Å²) in [5.41, 5.74) is 0.105. The van der Waals surface area contributed by atoms with Gasteiger partial charge in [-0.2, -0.15) is 0 Å². The highest BCUT2D eigenvalue weighted by atomic mass is 16.6. The minimum Gasteiger partial charge on any atom is -0.504 e. The van der Waals surface area contributed by atoms with E-state index in [0.29, 0.717) is 38.0 Å². The lowest BCUT2D eigenvalue weighted by Crippen LogP contribution is -2.78. The molecule has 2 aliphatic heterocycles. The molecular formula is C26H27N3O6. The molecule has 1 amide bonds. The van der Waals surface area contributed by atoms with Crippen molar-refractivity contribution in [2.75, 3.05) is 13.1 Å². The number of aliphatic hydroxyl groups is 1. The van der Waals surface area contributed by atoms with Gasteiger partial charge in [-0.15, -0.1) is 6.58 Å². The molecule has 35 heavy (non-hydrogen) atoms. The number of phenols is 1. The Morgan fingerprint density at radius 2 is 2.17 bits per heavy atom. The summed E-state index contributed by atoms with van der Waals surface area (Å²) in [5, 5.41) is 37.2. The molecule has 2 aromatic carbocycles. The molecule has 1 saturated carbocycles. The Hall–Kier alpha value is -3.43. The summed E-state index contributed by atoms with van der Waals surface area (Å²) in [6, 6.07) is 8.61. The summed E-state index contributed by atoms with van der Waals surface area (Å²) >= 11 is 0. The minimum absolute atomic E-state index is 0.0330. The molecular weight excluding hydrogens is 450 g/mol. The van der Waals surface area contributed by atoms with Gasteiger partial charge in [-0.3, -0.25) is 19.8 Å². The molecule has 1 spiro atoms. The third-order valence-corrected chi connectivity index (χ3v) is 8.57. The predicted octanol–water partition coefficient (Wildman–Crippen LogP) is 2.44. The molecule has 9 nitrogen and oxygen atoms in total. The minimum atomic E-state index is -1.09. The number of hydrogen-bond acceptors (Lipinski definition) is 7. The highest BCUT2D eigenvalue weighted by Gasteiger charge is 2.73. The van der Waals surface area contributed by atoms with E-state index in [1.165, 1.54) is 18.2 Å². The summed E-state index contributed by atoms with van der Waals surface area (Å²) in [5.74, 6) is 0.00430. The third-order valence-electron chi connectivity index (χ3n) is 8.57. The molecule has 2 aliphatic carbocycles. The number of hydrogen-bond donors (Lipinski definition) is 3. The highest BCUT2D eigenvalue weighted by molar-refractivity contribution is 5.95. The van der Waals surface area contributed by atoms with Crippen molar-refractivity contribution in [3.63, 3.8) is 0 Å². The third kappa shape index (κ3) is 2.85. The number of rotatable bonds is 5. The number of nitrogens with zero attached hydrogens (tertiary/aromatic N) is 2. The summed E-state index contributed by atoms with van der Waals surface area (Å²) in [4.78, 5) is 26.1. The fraction of sp³-hybridized carbons (Fsp3) is 0.423. The molecule has 3 N–H and O–H groups in total. The van der Waals surface area contributed by atoms with E-state index in [1.807, 2.05) is 12.1 Å². The second-order valence-electron chi connectivity index (χ2n) is 10.1. The first-order valence-corrected chi connectivity index (χ1v) is 11.9. The molecule has 4 aliphatic rings. The molecule has 0 radical (unpaired) electrons. The van der Waals surface area contributed by atoms with Gasteiger partial charge in [-0.25, -0.2) is 0 Å². The first kappa shape index (κ1) is 22.1. The van der Waals surface area contributed by atoms with E-state index in [0.717, 1.165) is 17.7 Å². The fourth-order valence-corrected chi connectivity index (χ4v) is 7.18. The Balaban J connectivity index is 1.40. The van der Waals surface area contributed by atoms with Crippen LogP contribution in [0.4, 0.5) is 5.69 Å². The second kappa shape index (κ2) is 7.53. The van der Waals surface area contributed by atoms with Crippen LogP contribution in [0.5, 0.6) is 11.5 Å². The van der Waals surface area contributed by atoms with Crippen molar-refractivity contribution in [1.82, 2.24) is 10.2 Å². The SMILES string of the molecule is C=CCN1CC[C@]23c4c5ccc(O)c4O[C@H]2[C@H](NC(=O)c2cccc([N+](=O)[O-])c2)CC[C@@]3(O)[C@H]1C5. The number of amides is 1. The van der Waals surface area contributed by atoms with Crippen LogP contribution in [0.15, 0.2) is 49.1 Å². The maximum Gasteiger partial charge on any atom is 0.270 e. The van der Waals surface area contributed by atoms with Crippen molar-refractivity contribution in [1.29, 1.82) is 0 Å². The van der Waals surface area contributed by atoms with Crippen molar-refractivity contribution in [3.05, 3.63) is 75.9 Å². The Kier molecular flexibility index (Phi) is 4.75. The van der Waals surface area contributed by atoms with Gasteiger partial charge in [0.1, 0.15) is 6.10 Å². The topological polar surface area (TPSA) is 125 Å². The molecule has 2 aromatic rings. The standard InChI is InChI=1S/C26H27N3O6/c1-2-11-28-12-10-25-21-15-6-7-19(30)22(21)35-23(25)18(8-9-26(25,32)20(28)14-15)27-24(31)16-4-3-5-17(13-16)29(33)34/h2-7,13,18,20,23,30,32H,1,8-12,14H2,(H,27,31)/t18-,20-,23+,25+,26-/m1/s1. The molecule has 2 heterocycles. The first-order valence-electron chi connectivity index (χ1n) is 11.9. The number of nitro benzene ring substituents is 1. The number of phenolic OH excluding ortho intramolecular Hbond substituents is 1. The van der Waals surface area contributed by atoms with Gasteiger partial charge in [-0.05, 0) is 49.9 Å². The monoisotopic (exact) mass is 477 g/mol. The quantitative estimate of drug-likeness (QED) is 0.343. The van der Waals surface area contributed by atoms with E-state index < -0.39 is 34.0 Å². The van der Waals surface area contributed by atoms with E-state index in [1.54, 1.807) is 12.1 Å². The van der Waals surface area contributed by atoms with Crippen molar-refractivity contribution < 1.29 is 24.7 Å². The van der Waals surface area contributed by atoms with Crippen LogP contribution in [0.1, 0.15) is 40.7 Å². The van der Waals surface area contributed by atoms with Crippen LogP contribution in [-0.4, -0.2) is 62.8 Å². The Bertz CT molecular complexity index is 1260. The van der Waals surface area contributed by atoms with Crippen LogP contribution in [0, 0.1) is 10.1 Å². The number of non-ortho nitro benzene ring substituents is 1. The van der Waals surface area contributed by atoms with E-state index in [4.69, 9.17) is 4.74 Å². The van der Waals surface area contributed by atoms with Gasteiger partial charge in [-0.1, -0.05) is 18.2 Å². The summed E-state index contributed by atoms with van der Waals surface area (Å²) < 4.78 is 6.41. The van der Waals surface area contributed by atoms with Gasteiger partial charge in [0, 0.05) is 35.8 Å². The van der Waals surface area contributed by atoms with Gasteiger partial charge in [0.05, 0.1) is 22.0 Å². The van der Waals surface area contributed by atoms with Crippen LogP contribution >= 0.6 is 0 Å². The lowest BCUT2D eigenvalue weighted by molar-refractivity contribution is -0.384. The number of carbonyl (C=O) groups is 1. The van der Waals surface area contributed by atoms with Gasteiger partial charge in [0.25, 0.3) is 11.6 Å². The number of benzene rings is 2. The van der Waals surface area contributed by atoms with Gasteiger partial charge in [0.15, 0.2) is 11.5 Å². The van der Waals surface area contributed by atoms with Crippen LogP contribution in [0.3, 0.4) is 0 Å². The van der Waals surface area contributed by atoms with Crippen molar-refractivity contribution in [2.45, 2.75) is 54.9 Å². The second-order valence-corrected chi connectivity index (χ2v) is 10.1. The van der Waals surface area contributed by atoms with Crippen molar-refractivity contribution in [2.24, 2.45) is 0 Å². The number of aromatic hydroxyl groups is 1. The van der Waals surface area contributed by atoms with Gasteiger partial charge < -0.3 is 20.3 Å². The fourth-order valence-electron chi connectivity index (χ4n) is 7.18. The Morgan fingerprint density at radius 1 is 1.34 bits per heavy atom. The number of nitro groups is 1. The number of piperidine rings is 1. The van der Waals surface area contributed by atoms with Crippen LogP contribution in [-0.2, 0) is 11.8 Å². The molecule has 6 rings (SSSR count). The normalized spacial score (nSPS) is 32.3. The molecule has 1 saturated heterocycles. The van der Waals surface area contributed by atoms with Crippen LogP contribution in [0.2, 0.25) is 0 Å². The summed E-state index contributed by atoms with van der Waals surface area (Å²) in [6.45, 7) is 5.29. The van der Waals surface area contributed by atoms with Crippen LogP contribution in [0.25, 0.3) is 0 Å². The molecule has 5 atom stereocenters. The smallest absolute Gasteiger partial charge is 0.270 e. The molecule has 2 bridgehead atoms. The zero-order valence-corrected chi connectivity index (χ0v) is 19.1.